The van der Waals surface area contributed by atoms with Crippen molar-refractivity contribution in [3.63, 3.8) is 0 Å². The van der Waals surface area contributed by atoms with Gasteiger partial charge in [-0.3, -0.25) is 9.89 Å². The summed E-state index contributed by atoms with van der Waals surface area (Å²) in [5.74, 6) is 1.29. The number of nitrogens with zero attached hydrogens (tertiary/aromatic N) is 1. The van der Waals surface area contributed by atoms with Crippen molar-refractivity contribution in [3.8, 4) is 5.75 Å². The smallest absolute Gasteiger partial charge is 0.407 e. The zero-order chi connectivity index (χ0) is 24.1. The highest BCUT2D eigenvalue weighted by Gasteiger charge is 2.32. The number of hydrogen-bond acceptors (Lipinski definition) is 6. The maximum absolute atomic E-state index is 12.4. The van der Waals surface area contributed by atoms with Gasteiger partial charge in [0.05, 0.1) is 19.1 Å². The quantitative estimate of drug-likeness (QED) is 0.489. The van der Waals surface area contributed by atoms with Crippen LogP contribution in [0.25, 0.3) is 0 Å². The molecular weight excluding hydrogens is 436 g/mol. The molecule has 4 rings (SSSR count). The molecule has 2 aliphatic rings. The lowest BCUT2D eigenvalue weighted by atomic mass is 9.84. The highest BCUT2D eigenvalue weighted by Crippen LogP contribution is 2.36. The normalized spacial score (nSPS) is 26.6. The summed E-state index contributed by atoms with van der Waals surface area (Å²) < 4.78 is 10.8. The van der Waals surface area contributed by atoms with Gasteiger partial charge >= 0.3 is 6.09 Å². The second-order valence-corrected chi connectivity index (χ2v) is 9.73. The van der Waals surface area contributed by atoms with Crippen molar-refractivity contribution in [2.45, 2.75) is 82.0 Å². The van der Waals surface area contributed by atoms with Crippen LogP contribution in [-0.4, -0.2) is 52.2 Å². The molecule has 2 aromatic rings. The monoisotopic (exact) mass is 470 g/mol. The predicted octanol–water partition coefficient (Wildman–Crippen LogP) is 3.66. The molecule has 0 unspecified atom stereocenters. The molecule has 9 heteroatoms. The summed E-state index contributed by atoms with van der Waals surface area (Å²) >= 11 is 0. The number of anilines is 1. The van der Waals surface area contributed by atoms with Gasteiger partial charge in [0, 0.05) is 23.7 Å². The van der Waals surface area contributed by atoms with Gasteiger partial charge in [0.1, 0.15) is 11.9 Å². The Labute approximate surface area is 199 Å². The van der Waals surface area contributed by atoms with Crippen molar-refractivity contribution in [1.29, 1.82) is 0 Å². The number of amides is 2. The van der Waals surface area contributed by atoms with Crippen LogP contribution in [0.4, 0.5) is 10.6 Å². The lowest BCUT2D eigenvalue weighted by Gasteiger charge is -2.33. The van der Waals surface area contributed by atoms with Crippen LogP contribution in [0.1, 0.15) is 69.0 Å². The van der Waals surface area contributed by atoms with Crippen molar-refractivity contribution in [3.05, 3.63) is 41.6 Å². The van der Waals surface area contributed by atoms with E-state index in [0.717, 1.165) is 42.7 Å². The highest BCUT2D eigenvalue weighted by molar-refractivity contribution is 5.91. The number of ether oxygens (including phenoxy) is 2. The lowest BCUT2D eigenvalue weighted by molar-refractivity contribution is -0.115. The molecule has 0 saturated heterocycles. The van der Waals surface area contributed by atoms with Crippen LogP contribution in [0.15, 0.2) is 30.3 Å². The molecule has 34 heavy (non-hydrogen) atoms. The Hall–Kier alpha value is -3.07. The van der Waals surface area contributed by atoms with Crippen LogP contribution >= 0.6 is 0 Å². The number of carbonyl (C=O) groups is 2. The summed E-state index contributed by atoms with van der Waals surface area (Å²) in [4.78, 5) is 24.7. The average Bonchev–Trinajstić information content (AvgIpc) is 3.45. The van der Waals surface area contributed by atoms with E-state index in [-0.39, 0.29) is 36.5 Å². The van der Waals surface area contributed by atoms with Crippen molar-refractivity contribution in [2.24, 2.45) is 0 Å². The molecule has 0 spiro atoms. The van der Waals surface area contributed by atoms with E-state index in [2.05, 4.69) is 20.8 Å². The van der Waals surface area contributed by atoms with E-state index in [0.29, 0.717) is 25.1 Å². The molecule has 2 amide bonds. The summed E-state index contributed by atoms with van der Waals surface area (Å²) in [6, 6.07) is 9.29. The third-order valence-corrected chi connectivity index (χ3v) is 6.87. The van der Waals surface area contributed by atoms with Gasteiger partial charge in [-0.15, -0.1) is 0 Å². The third-order valence-electron chi connectivity index (χ3n) is 6.87. The Balaban J connectivity index is 1.21. The topological polar surface area (TPSA) is 126 Å². The van der Waals surface area contributed by atoms with Gasteiger partial charge in [0.25, 0.3) is 0 Å². The molecular formula is C25H34N4O5. The zero-order valence-electron chi connectivity index (χ0n) is 19.8. The Morgan fingerprint density at radius 1 is 1.18 bits per heavy atom. The summed E-state index contributed by atoms with van der Waals surface area (Å²) in [5, 5.41) is 23.1. The molecule has 2 aliphatic carbocycles. The summed E-state index contributed by atoms with van der Waals surface area (Å²) in [7, 11) is 1.61. The molecule has 2 fully saturated rings. The second kappa shape index (κ2) is 10.5. The van der Waals surface area contributed by atoms with Gasteiger partial charge in [-0.25, -0.2) is 4.79 Å². The second-order valence-electron chi connectivity index (χ2n) is 9.73. The first kappa shape index (κ1) is 24.1. The average molecular weight is 471 g/mol. The number of carbonyl (C=O) groups excluding carboxylic acids is 2. The number of methoxy groups -OCH3 is 1. The van der Waals surface area contributed by atoms with Crippen molar-refractivity contribution >= 4 is 17.8 Å². The van der Waals surface area contributed by atoms with E-state index in [4.69, 9.17) is 9.47 Å². The van der Waals surface area contributed by atoms with Crippen molar-refractivity contribution in [1.82, 2.24) is 15.5 Å². The zero-order valence-corrected chi connectivity index (χ0v) is 19.8. The Bertz CT molecular complexity index is 977. The number of nitrogens with one attached hydrogen (secondary N) is 3. The predicted molar refractivity (Wildman–Crippen MR) is 127 cm³/mol. The van der Waals surface area contributed by atoms with E-state index < -0.39 is 5.60 Å². The Morgan fingerprint density at radius 2 is 1.91 bits per heavy atom. The van der Waals surface area contributed by atoms with Gasteiger partial charge in [-0.05, 0) is 69.6 Å². The van der Waals surface area contributed by atoms with Crippen LogP contribution < -0.4 is 15.4 Å². The maximum atomic E-state index is 12.4. The standard InChI is InChI=1S/C25H34N4O5/c1-25(32)11-9-18(10-12-25)26-24(31)34-20-8-5-17(14-20)21-15-22(29-28-21)27-23(30)13-16-3-6-19(33-2)7-4-16/h3-4,6-7,15,17-18,20,32H,5,8-14H2,1-2H3,(H,26,31)(H2,27,28,29,30)/t17-,18-,20+,25-/m0/s1. The molecule has 0 bridgehead atoms. The fourth-order valence-electron chi connectivity index (χ4n) is 4.79. The Kier molecular flexibility index (Phi) is 7.41. The number of aromatic amines is 1. The molecule has 2 saturated carbocycles. The number of H-pyrrole nitrogens is 1. The van der Waals surface area contributed by atoms with Gasteiger partial charge in [-0.2, -0.15) is 5.10 Å². The molecule has 4 N–H and O–H groups in total. The fourth-order valence-corrected chi connectivity index (χ4v) is 4.79. The number of alkyl carbamates (subject to hydrolysis) is 1. The molecule has 2 atom stereocenters. The number of hydrogen-bond donors (Lipinski definition) is 4. The largest absolute Gasteiger partial charge is 0.497 e. The van der Waals surface area contributed by atoms with Crippen molar-refractivity contribution < 1.29 is 24.2 Å². The molecule has 1 aromatic heterocycles. The van der Waals surface area contributed by atoms with E-state index in [1.807, 2.05) is 37.3 Å². The minimum absolute atomic E-state index is 0.0571. The van der Waals surface area contributed by atoms with E-state index >= 15 is 0 Å². The van der Waals surface area contributed by atoms with Crippen LogP contribution in [0.5, 0.6) is 5.75 Å². The van der Waals surface area contributed by atoms with E-state index in [1.54, 1.807) is 7.11 Å². The number of aromatic nitrogens is 2. The number of aliphatic hydroxyl groups is 1. The van der Waals surface area contributed by atoms with Gasteiger partial charge in [0.2, 0.25) is 5.91 Å². The molecule has 1 heterocycles. The van der Waals surface area contributed by atoms with Crippen LogP contribution in [0.2, 0.25) is 0 Å². The van der Waals surface area contributed by atoms with Crippen LogP contribution in [0.3, 0.4) is 0 Å². The lowest BCUT2D eigenvalue weighted by Crippen LogP contribution is -2.43. The summed E-state index contributed by atoms with van der Waals surface area (Å²) in [6.07, 6.45) is 4.99. The van der Waals surface area contributed by atoms with E-state index in [1.165, 1.54) is 0 Å². The van der Waals surface area contributed by atoms with Gasteiger partial charge in [0.15, 0.2) is 5.82 Å². The first-order valence-electron chi connectivity index (χ1n) is 12.0. The van der Waals surface area contributed by atoms with Gasteiger partial charge < -0.3 is 25.2 Å². The number of benzene rings is 1. The van der Waals surface area contributed by atoms with Gasteiger partial charge in [-0.1, -0.05) is 12.1 Å². The SMILES string of the molecule is COc1ccc(CC(=O)Nc2cc([C@H]3CC[C@@H](OC(=O)N[C@H]4CC[C@](C)(O)CC4)C3)[nH]n2)cc1. The fraction of sp³-hybridized carbons (Fsp3) is 0.560. The molecule has 0 radical (unpaired) electrons. The van der Waals surface area contributed by atoms with Crippen LogP contribution in [0, 0.1) is 0 Å². The maximum Gasteiger partial charge on any atom is 0.407 e. The molecule has 0 aliphatic heterocycles. The Morgan fingerprint density at radius 3 is 2.62 bits per heavy atom. The third kappa shape index (κ3) is 6.50. The highest BCUT2D eigenvalue weighted by atomic mass is 16.6. The first-order chi connectivity index (χ1) is 16.3. The summed E-state index contributed by atoms with van der Waals surface area (Å²) in [6.45, 7) is 1.84. The number of rotatable bonds is 7. The van der Waals surface area contributed by atoms with Crippen LogP contribution in [-0.2, 0) is 16.0 Å². The molecule has 184 valence electrons. The first-order valence-corrected chi connectivity index (χ1v) is 12.0. The minimum atomic E-state index is -0.626. The minimum Gasteiger partial charge on any atom is -0.497 e. The molecule has 9 nitrogen and oxygen atoms in total. The molecule has 1 aromatic carbocycles. The summed E-state index contributed by atoms with van der Waals surface area (Å²) in [5.41, 5.74) is 1.20. The van der Waals surface area contributed by atoms with E-state index in [9.17, 15) is 14.7 Å². The van der Waals surface area contributed by atoms with Crippen molar-refractivity contribution in [2.75, 3.05) is 12.4 Å².